The molecule has 2 saturated heterocycles. The number of hydrogen-bond acceptors (Lipinski definition) is 3. The summed E-state index contributed by atoms with van der Waals surface area (Å²) in [5.74, 6) is 0. The molecule has 0 bridgehead atoms. The van der Waals surface area contributed by atoms with Gasteiger partial charge in [-0.15, -0.1) is 0 Å². The van der Waals surface area contributed by atoms with Crippen molar-refractivity contribution in [2.75, 3.05) is 26.3 Å². The van der Waals surface area contributed by atoms with E-state index >= 15 is 0 Å². The van der Waals surface area contributed by atoms with Gasteiger partial charge in [0.15, 0.2) is 0 Å². The molecular formula is C17H26B2NO2. The van der Waals surface area contributed by atoms with Crippen LogP contribution in [0, 0.1) is 0 Å². The maximum absolute atomic E-state index is 6.26. The van der Waals surface area contributed by atoms with Gasteiger partial charge in [-0.1, -0.05) is 43.6 Å². The first-order valence-corrected chi connectivity index (χ1v) is 8.30. The zero-order valence-corrected chi connectivity index (χ0v) is 14.3. The van der Waals surface area contributed by atoms with Crippen LogP contribution in [0.3, 0.4) is 0 Å². The molecule has 0 amide bonds. The third kappa shape index (κ3) is 3.27. The van der Waals surface area contributed by atoms with E-state index in [9.17, 15) is 0 Å². The fourth-order valence-corrected chi connectivity index (χ4v) is 3.08. The van der Waals surface area contributed by atoms with Crippen LogP contribution in [0.5, 0.6) is 0 Å². The Labute approximate surface area is 135 Å². The van der Waals surface area contributed by atoms with Crippen LogP contribution in [0.1, 0.15) is 33.3 Å². The van der Waals surface area contributed by atoms with Crippen molar-refractivity contribution in [1.82, 2.24) is 4.90 Å². The maximum atomic E-state index is 6.26. The molecule has 0 atom stereocenters. The molecule has 2 heterocycles. The molecule has 1 aromatic carbocycles. The van der Waals surface area contributed by atoms with Gasteiger partial charge in [-0.2, -0.15) is 0 Å². The normalized spacial score (nSPS) is 24.3. The molecule has 22 heavy (non-hydrogen) atoms. The Morgan fingerprint density at radius 3 is 2.27 bits per heavy atom. The quantitative estimate of drug-likeness (QED) is 0.796. The molecule has 2 aliphatic rings. The number of nitrogens with zero attached hydrogens (tertiary/aromatic N) is 1. The minimum atomic E-state index is -0.121. The summed E-state index contributed by atoms with van der Waals surface area (Å²) < 4.78 is 11.7. The van der Waals surface area contributed by atoms with Gasteiger partial charge in [-0.3, -0.25) is 4.90 Å². The lowest BCUT2D eigenvalue weighted by Gasteiger charge is -2.34. The van der Waals surface area contributed by atoms with Crippen LogP contribution in [0.2, 0.25) is 5.31 Å². The van der Waals surface area contributed by atoms with Crippen molar-refractivity contribution in [2.24, 2.45) is 0 Å². The highest BCUT2D eigenvalue weighted by molar-refractivity contribution is 7.17. The summed E-state index contributed by atoms with van der Waals surface area (Å²) in [6.45, 7) is 13.7. The second kappa shape index (κ2) is 6.03. The van der Waals surface area contributed by atoms with E-state index < -0.39 is 0 Å². The third-order valence-corrected chi connectivity index (χ3v) is 5.36. The predicted octanol–water partition coefficient (Wildman–Crippen LogP) is 1.93. The van der Waals surface area contributed by atoms with Gasteiger partial charge in [-0.05, 0) is 24.7 Å². The summed E-state index contributed by atoms with van der Waals surface area (Å²) in [6.07, 6.45) is 0. The van der Waals surface area contributed by atoms with Crippen molar-refractivity contribution in [3.05, 3.63) is 29.8 Å². The van der Waals surface area contributed by atoms with Crippen molar-refractivity contribution in [3.63, 3.8) is 0 Å². The summed E-state index contributed by atoms with van der Waals surface area (Å²) in [5.41, 5.74) is 2.50. The molecule has 0 aromatic heterocycles. The molecule has 2 fully saturated rings. The molecule has 0 unspecified atom stereocenters. The number of morpholine rings is 1. The first-order valence-electron chi connectivity index (χ1n) is 8.30. The van der Waals surface area contributed by atoms with Crippen LogP contribution in [0.4, 0.5) is 0 Å². The summed E-state index contributed by atoms with van der Waals surface area (Å²) in [6, 6.07) is 8.91. The van der Waals surface area contributed by atoms with Crippen LogP contribution in [-0.4, -0.2) is 50.8 Å². The third-order valence-electron chi connectivity index (χ3n) is 5.36. The Kier molecular flexibility index (Phi) is 4.41. The van der Waals surface area contributed by atoms with Crippen LogP contribution < -0.4 is 5.46 Å². The zero-order chi connectivity index (χ0) is 15.8. The van der Waals surface area contributed by atoms with E-state index in [0.717, 1.165) is 32.8 Å². The van der Waals surface area contributed by atoms with E-state index in [0.29, 0.717) is 0 Å². The smallest absolute Gasteiger partial charge is 0.280 e. The average molecular weight is 298 g/mol. The maximum Gasteiger partial charge on any atom is 0.280 e. The molecule has 1 aromatic rings. The highest BCUT2D eigenvalue weighted by atomic mass is 16.5. The topological polar surface area (TPSA) is 21.7 Å². The first-order chi connectivity index (χ1) is 10.4. The monoisotopic (exact) mass is 298 g/mol. The van der Waals surface area contributed by atoms with E-state index in [1.807, 2.05) is 0 Å². The van der Waals surface area contributed by atoms with Crippen molar-refractivity contribution < 1.29 is 9.39 Å². The number of hydrogen-bond donors (Lipinski definition) is 0. The van der Waals surface area contributed by atoms with Gasteiger partial charge in [0.2, 0.25) is 0 Å². The molecule has 2 aliphatic heterocycles. The van der Waals surface area contributed by atoms with Gasteiger partial charge in [0, 0.05) is 25.2 Å². The van der Waals surface area contributed by atoms with E-state index in [1.165, 1.54) is 11.0 Å². The fraction of sp³-hybridized carbons (Fsp3) is 0.647. The summed E-state index contributed by atoms with van der Waals surface area (Å²) >= 11 is 0. The highest BCUT2D eigenvalue weighted by Gasteiger charge is 2.50. The van der Waals surface area contributed by atoms with E-state index in [1.54, 1.807) is 0 Å². The molecule has 5 heteroatoms. The Morgan fingerprint density at radius 1 is 1.09 bits per heavy atom. The molecule has 117 valence electrons. The molecule has 0 N–H and O–H groups in total. The molecular weight excluding hydrogens is 272 g/mol. The Bertz CT molecular complexity index is 494. The van der Waals surface area contributed by atoms with E-state index in [2.05, 4.69) is 64.0 Å². The summed E-state index contributed by atoms with van der Waals surface area (Å²) in [7, 11) is 2.34. The van der Waals surface area contributed by atoms with Crippen LogP contribution in [-0.2, 0) is 15.9 Å². The van der Waals surface area contributed by atoms with Crippen LogP contribution >= 0.6 is 0 Å². The zero-order valence-electron chi connectivity index (χ0n) is 14.3. The minimum Gasteiger partial charge on any atom is -0.435 e. The van der Waals surface area contributed by atoms with Crippen molar-refractivity contribution in [3.8, 4) is 0 Å². The van der Waals surface area contributed by atoms with Gasteiger partial charge in [0.25, 0.3) is 6.81 Å². The molecule has 3 rings (SSSR count). The predicted molar refractivity (Wildman–Crippen MR) is 92.9 cm³/mol. The second-order valence-corrected chi connectivity index (χ2v) is 7.57. The minimum absolute atomic E-state index is 0.0874. The van der Waals surface area contributed by atoms with Crippen molar-refractivity contribution >= 4 is 19.4 Å². The van der Waals surface area contributed by atoms with Crippen molar-refractivity contribution in [2.45, 2.75) is 45.2 Å². The lowest BCUT2D eigenvalue weighted by Crippen LogP contribution is -2.37. The average Bonchev–Trinajstić information content (AvgIpc) is 2.69. The molecule has 0 aliphatic carbocycles. The largest absolute Gasteiger partial charge is 0.435 e. The molecule has 3 nitrogen and oxygen atoms in total. The van der Waals surface area contributed by atoms with E-state index in [-0.39, 0.29) is 17.7 Å². The fourth-order valence-electron chi connectivity index (χ4n) is 3.08. The van der Waals surface area contributed by atoms with Crippen LogP contribution in [0.25, 0.3) is 0 Å². The number of ether oxygens (including phenoxy) is 1. The second-order valence-electron chi connectivity index (χ2n) is 7.57. The standard InChI is InChI=1S/C17H26B2NO2/c1-16(2)17(3,4)22-19(18-16)15-7-5-14(6-8-15)13-20-9-11-21-12-10-20/h5-8H,9-13H2,1-4H3. The lowest BCUT2D eigenvalue weighted by atomic mass is 9.23. The highest BCUT2D eigenvalue weighted by Crippen LogP contribution is 2.45. The van der Waals surface area contributed by atoms with Crippen LogP contribution in [0.15, 0.2) is 24.3 Å². The van der Waals surface area contributed by atoms with Crippen molar-refractivity contribution in [1.29, 1.82) is 0 Å². The van der Waals surface area contributed by atoms with Gasteiger partial charge >= 0.3 is 0 Å². The molecule has 1 radical (unpaired) electrons. The lowest BCUT2D eigenvalue weighted by molar-refractivity contribution is 0.0342. The van der Waals surface area contributed by atoms with Gasteiger partial charge in [-0.25, -0.2) is 0 Å². The molecule has 0 spiro atoms. The Hall–Kier alpha value is -0.770. The summed E-state index contributed by atoms with van der Waals surface area (Å²) in [4.78, 5) is 2.45. The molecule has 0 saturated carbocycles. The summed E-state index contributed by atoms with van der Waals surface area (Å²) in [5, 5.41) is 0.0874. The van der Waals surface area contributed by atoms with Gasteiger partial charge < -0.3 is 9.39 Å². The Morgan fingerprint density at radius 2 is 1.73 bits per heavy atom. The number of benzene rings is 1. The van der Waals surface area contributed by atoms with Gasteiger partial charge in [0.05, 0.1) is 13.2 Å². The first kappa shape index (κ1) is 16.1. The Balaban J connectivity index is 1.65. The van der Waals surface area contributed by atoms with Gasteiger partial charge in [0.1, 0.15) is 7.17 Å². The number of rotatable bonds is 3. The van der Waals surface area contributed by atoms with E-state index in [4.69, 9.17) is 9.39 Å². The SMILES string of the molecule is CC1(C)[B]B(c2ccc(CN3CCOCC3)cc2)OC1(C)C.